The van der Waals surface area contributed by atoms with E-state index in [-0.39, 0.29) is 11.6 Å². The molecular weight excluding hydrogens is 356 g/mol. The standard InChI is InChI=1S/C21H20N4OS/c1-16(26)21(25-24-17-9-3-2-4-10-17)23-19-12-5-6-13-20(19)27-15-18-11-7-8-14-22-18/h2-14,24H,15H2,1H3,(H,23,25). The molecule has 0 saturated heterocycles. The lowest BCUT2D eigenvalue weighted by Gasteiger charge is -2.11. The van der Waals surface area contributed by atoms with Crippen molar-refractivity contribution in [2.24, 2.45) is 4.99 Å². The number of pyridine rings is 1. The van der Waals surface area contributed by atoms with Crippen LogP contribution in [0.1, 0.15) is 12.6 Å². The number of thioether (sulfide) groups is 1. The Morgan fingerprint density at radius 2 is 1.74 bits per heavy atom. The highest BCUT2D eigenvalue weighted by molar-refractivity contribution is 7.98. The maximum Gasteiger partial charge on any atom is 0.196 e. The van der Waals surface area contributed by atoms with Gasteiger partial charge in [0.05, 0.1) is 17.1 Å². The monoisotopic (exact) mass is 376 g/mol. The molecule has 3 rings (SSSR count). The minimum Gasteiger partial charge on any atom is -0.300 e. The van der Waals surface area contributed by atoms with E-state index in [0.29, 0.717) is 0 Å². The van der Waals surface area contributed by atoms with Gasteiger partial charge in [-0.05, 0) is 36.4 Å². The third kappa shape index (κ3) is 5.69. The minimum absolute atomic E-state index is 0.150. The van der Waals surface area contributed by atoms with Crippen LogP contribution in [0.5, 0.6) is 0 Å². The fourth-order valence-corrected chi connectivity index (χ4v) is 3.19. The Hall–Kier alpha value is -3.12. The zero-order valence-corrected chi connectivity index (χ0v) is 15.7. The minimum atomic E-state index is -0.150. The van der Waals surface area contributed by atoms with Crippen LogP contribution in [-0.2, 0) is 10.5 Å². The summed E-state index contributed by atoms with van der Waals surface area (Å²) in [7, 11) is 0. The Balaban J connectivity index is 1.75. The van der Waals surface area contributed by atoms with Crippen LogP contribution in [0.2, 0.25) is 0 Å². The van der Waals surface area contributed by atoms with E-state index in [9.17, 15) is 4.79 Å². The fourth-order valence-electron chi connectivity index (χ4n) is 2.27. The number of para-hydroxylation sites is 2. The van der Waals surface area contributed by atoms with Crippen molar-refractivity contribution >= 4 is 34.8 Å². The number of hydrogen-bond donors (Lipinski definition) is 2. The molecule has 0 bridgehead atoms. The summed E-state index contributed by atoms with van der Waals surface area (Å²) in [5, 5.41) is 0. The van der Waals surface area contributed by atoms with Crippen LogP contribution >= 0.6 is 11.8 Å². The SMILES string of the molecule is CC(=O)C(=Nc1ccccc1SCc1ccccn1)NNc1ccccc1. The highest BCUT2D eigenvalue weighted by atomic mass is 32.2. The van der Waals surface area contributed by atoms with Gasteiger partial charge in [0.25, 0.3) is 0 Å². The van der Waals surface area contributed by atoms with Gasteiger partial charge in [-0.15, -0.1) is 11.8 Å². The molecule has 0 aliphatic heterocycles. The van der Waals surface area contributed by atoms with Crippen LogP contribution in [0.15, 0.2) is 88.9 Å². The number of aromatic nitrogens is 1. The summed E-state index contributed by atoms with van der Waals surface area (Å²) in [6.07, 6.45) is 1.78. The molecule has 0 saturated carbocycles. The zero-order valence-electron chi connectivity index (χ0n) is 14.9. The van der Waals surface area contributed by atoms with Crippen molar-refractivity contribution in [1.29, 1.82) is 0 Å². The second-order valence-corrected chi connectivity index (χ2v) is 6.73. The maximum atomic E-state index is 12.0. The van der Waals surface area contributed by atoms with Gasteiger partial charge in [-0.25, -0.2) is 4.99 Å². The van der Waals surface area contributed by atoms with Gasteiger partial charge in [-0.3, -0.25) is 20.6 Å². The van der Waals surface area contributed by atoms with E-state index in [0.717, 1.165) is 27.7 Å². The van der Waals surface area contributed by atoms with Gasteiger partial charge in [0.15, 0.2) is 11.6 Å². The number of benzene rings is 2. The van der Waals surface area contributed by atoms with Crippen molar-refractivity contribution in [1.82, 2.24) is 10.4 Å². The molecule has 3 aromatic rings. The second-order valence-electron chi connectivity index (χ2n) is 5.71. The molecule has 0 aliphatic rings. The lowest BCUT2D eigenvalue weighted by molar-refractivity contribution is -0.111. The van der Waals surface area contributed by atoms with Crippen LogP contribution in [-0.4, -0.2) is 16.6 Å². The highest BCUT2D eigenvalue weighted by Crippen LogP contribution is 2.31. The van der Waals surface area contributed by atoms with Gasteiger partial charge in [0.2, 0.25) is 0 Å². The number of Topliss-reactive ketones (excluding diaryl/α,β-unsaturated/α-hetero) is 1. The number of hydrogen-bond acceptors (Lipinski definition) is 5. The summed E-state index contributed by atoms with van der Waals surface area (Å²) in [5.41, 5.74) is 8.51. The van der Waals surface area contributed by atoms with Gasteiger partial charge in [-0.2, -0.15) is 0 Å². The molecule has 0 atom stereocenters. The normalized spacial score (nSPS) is 11.1. The summed E-state index contributed by atoms with van der Waals surface area (Å²) in [6.45, 7) is 1.49. The Labute approximate surface area is 162 Å². The van der Waals surface area contributed by atoms with Crippen molar-refractivity contribution in [3.8, 4) is 0 Å². The Bertz CT molecular complexity index is 914. The van der Waals surface area contributed by atoms with Crippen LogP contribution < -0.4 is 10.9 Å². The molecule has 0 spiro atoms. The molecule has 27 heavy (non-hydrogen) atoms. The number of amidine groups is 1. The smallest absolute Gasteiger partial charge is 0.196 e. The molecule has 6 heteroatoms. The molecule has 1 aromatic heterocycles. The molecule has 0 fully saturated rings. The van der Waals surface area contributed by atoms with Crippen LogP contribution in [0.4, 0.5) is 11.4 Å². The van der Waals surface area contributed by atoms with Crippen molar-refractivity contribution in [3.63, 3.8) is 0 Å². The van der Waals surface area contributed by atoms with E-state index < -0.39 is 0 Å². The van der Waals surface area contributed by atoms with Crippen molar-refractivity contribution < 1.29 is 4.79 Å². The Morgan fingerprint density at radius 1 is 1.00 bits per heavy atom. The van der Waals surface area contributed by atoms with Crippen LogP contribution in [0.3, 0.4) is 0 Å². The first-order valence-electron chi connectivity index (χ1n) is 8.51. The number of nitrogens with one attached hydrogen (secondary N) is 2. The van der Waals surface area contributed by atoms with Crippen molar-refractivity contribution in [3.05, 3.63) is 84.7 Å². The van der Waals surface area contributed by atoms with E-state index in [2.05, 4.69) is 20.8 Å². The largest absolute Gasteiger partial charge is 0.300 e. The van der Waals surface area contributed by atoms with E-state index >= 15 is 0 Å². The molecular formula is C21H20N4OS. The fraction of sp³-hybridized carbons (Fsp3) is 0.0952. The van der Waals surface area contributed by atoms with Gasteiger partial charge in [-0.1, -0.05) is 36.4 Å². The Morgan fingerprint density at radius 3 is 2.48 bits per heavy atom. The van der Waals surface area contributed by atoms with E-state index in [1.165, 1.54) is 6.92 Å². The van der Waals surface area contributed by atoms with E-state index in [1.54, 1.807) is 18.0 Å². The van der Waals surface area contributed by atoms with E-state index in [1.807, 2.05) is 72.8 Å². The predicted octanol–water partition coefficient (Wildman–Crippen LogP) is 4.61. The average molecular weight is 376 g/mol. The molecule has 0 amide bonds. The maximum absolute atomic E-state index is 12.0. The number of carbonyl (C=O) groups excluding carboxylic acids is 1. The number of carbonyl (C=O) groups is 1. The number of anilines is 1. The first-order valence-corrected chi connectivity index (χ1v) is 9.49. The molecule has 0 radical (unpaired) electrons. The first-order chi connectivity index (χ1) is 13.2. The first kappa shape index (κ1) is 18.7. The second kappa shape index (κ2) is 9.54. The number of rotatable bonds is 7. The zero-order chi connectivity index (χ0) is 18.9. The van der Waals surface area contributed by atoms with Gasteiger partial charge < -0.3 is 0 Å². The quantitative estimate of drug-likeness (QED) is 0.273. The van der Waals surface area contributed by atoms with Gasteiger partial charge >= 0.3 is 0 Å². The number of aliphatic imine (C=N–C) groups is 1. The van der Waals surface area contributed by atoms with Crippen molar-refractivity contribution in [2.75, 3.05) is 5.43 Å². The molecule has 5 nitrogen and oxygen atoms in total. The summed E-state index contributed by atoms with van der Waals surface area (Å²) in [6, 6.07) is 23.2. The summed E-state index contributed by atoms with van der Waals surface area (Å²) in [4.78, 5) is 21.9. The molecule has 0 aliphatic carbocycles. The number of nitrogens with zero attached hydrogens (tertiary/aromatic N) is 2. The number of hydrazine groups is 1. The molecule has 0 unspecified atom stereocenters. The van der Waals surface area contributed by atoms with Crippen molar-refractivity contribution in [2.45, 2.75) is 17.6 Å². The Kier molecular flexibility index (Phi) is 6.60. The van der Waals surface area contributed by atoms with Gasteiger partial charge in [0, 0.05) is 23.8 Å². The lowest BCUT2D eigenvalue weighted by atomic mass is 10.3. The highest BCUT2D eigenvalue weighted by Gasteiger charge is 2.09. The van der Waals surface area contributed by atoms with Gasteiger partial charge in [0.1, 0.15) is 0 Å². The summed E-state index contributed by atoms with van der Waals surface area (Å²) >= 11 is 1.64. The summed E-state index contributed by atoms with van der Waals surface area (Å²) < 4.78 is 0. The molecule has 2 aromatic carbocycles. The predicted molar refractivity (Wildman–Crippen MR) is 111 cm³/mol. The number of ketones is 1. The van der Waals surface area contributed by atoms with Crippen LogP contribution in [0, 0.1) is 0 Å². The molecule has 1 heterocycles. The topological polar surface area (TPSA) is 66.4 Å². The molecule has 2 N–H and O–H groups in total. The average Bonchev–Trinajstić information content (AvgIpc) is 2.71. The summed E-state index contributed by atoms with van der Waals surface area (Å²) in [5.74, 6) is 0.839. The third-order valence-corrected chi connectivity index (χ3v) is 4.73. The molecule has 136 valence electrons. The third-order valence-electron chi connectivity index (χ3n) is 3.63. The van der Waals surface area contributed by atoms with E-state index in [4.69, 9.17) is 0 Å². The lowest BCUT2D eigenvalue weighted by Crippen LogP contribution is -2.34. The van der Waals surface area contributed by atoms with Crippen LogP contribution in [0.25, 0.3) is 0 Å².